The molecule has 0 aliphatic carbocycles. The van der Waals surface area contributed by atoms with Gasteiger partial charge in [0.05, 0.1) is 24.5 Å². The fraction of sp³-hybridized carbons (Fsp3) is 0.259. The molecule has 2 heterocycles. The molecule has 38 heavy (non-hydrogen) atoms. The molecule has 1 fully saturated rings. The van der Waals surface area contributed by atoms with Crippen LogP contribution in [0.1, 0.15) is 10.4 Å². The Labute approximate surface area is 221 Å². The fourth-order valence-corrected chi connectivity index (χ4v) is 5.77. The maximum absolute atomic E-state index is 15.0. The number of fused-ring (bicyclic) bond motifs is 1. The SMILES string of the molecule is CN1C(=O)[C@@H](NC(=O)c2cc(Oc3ccccc3)ccc2F)C[S+]([O-])c2cc(N3CCOCC3)c(F)cc21. The lowest BCUT2D eigenvalue weighted by Crippen LogP contribution is -2.49. The van der Waals surface area contributed by atoms with Gasteiger partial charge in [0.2, 0.25) is 0 Å². The zero-order valence-corrected chi connectivity index (χ0v) is 21.3. The Morgan fingerprint density at radius 2 is 1.76 bits per heavy atom. The van der Waals surface area contributed by atoms with Crippen LogP contribution in [0, 0.1) is 11.6 Å². The lowest BCUT2D eigenvalue weighted by atomic mass is 10.1. The number of hydrogen-bond donors (Lipinski definition) is 1. The van der Waals surface area contributed by atoms with E-state index in [1.54, 1.807) is 29.2 Å². The number of nitrogens with one attached hydrogen (secondary N) is 1. The van der Waals surface area contributed by atoms with Gasteiger partial charge < -0.3 is 29.1 Å². The molecule has 198 valence electrons. The standard InChI is InChI=1S/C27H25F2N3O5S/c1-31-24-14-21(29)23(32-9-11-36-12-10-32)15-25(24)38(35)16-22(27(31)34)30-26(33)19-13-18(7-8-20(19)28)37-17-5-3-2-4-6-17/h2-8,13-15,22H,9-12,16H2,1H3,(H,30,33)/t22-,38?/m0/s1. The second-order valence-electron chi connectivity index (χ2n) is 8.86. The number of para-hydroxylation sites is 1. The van der Waals surface area contributed by atoms with Crippen LogP contribution < -0.4 is 19.9 Å². The van der Waals surface area contributed by atoms with Crippen molar-refractivity contribution < 1.29 is 32.4 Å². The molecule has 0 spiro atoms. The van der Waals surface area contributed by atoms with E-state index in [0.717, 1.165) is 6.07 Å². The molecule has 0 bridgehead atoms. The number of likely N-dealkylation sites (N-methyl/N-ethyl adjacent to an activating group) is 1. The van der Waals surface area contributed by atoms with Crippen LogP contribution in [0.4, 0.5) is 20.2 Å². The highest BCUT2D eigenvalue weighted by atomic mass is 32.2. The average molecular weight is 542 g/mol. The second-order valence-corrected chi connectivity index (χ2v) is 10.3. The minimum Gasteiger partial charge on any atom is -0.611 e. The monoisotopic (exact) mass is 541 g/mol. The minimum atomic E-state index is -1.76. The van der Waals surface area contributed by atoms with Crippen molar-refractivity contribution in [3.8, 4) is 11.5 Å². The number of halogens is 2. The van der Waals surface area contributed by atoms with E-state index in [-0.39, 0.29) is 33.3 Å². The molecule has 1 N–H and O–H groups in total. The minimum absolute atomic E-state index is 0.157. The van der Waals surface area contributed by atoms with Crippen LogP contribution in [0.2, 0.25) is 0 Å². The van der Waals surface area contributed by atoms with E-state index in [0.29, 0.717) is 32.1 Å². The summed E-state index contributed by atoms with van der Waals surface area (Å²) in [6.07, 6.45) is 0. The van der Waals surface area contributed by atoms with Crippen molar-refractivity contribution in [3.63, 3.8) is 0 Å². The van der Waals surface area contributed by atoms with E-state index in [1.807, 2.05) is 6.07 Å². The molecule has 2 aliphatic rings. The fourth-order valence-electron chi connectivity index (χ4n) is 4.39. The van der Waals surface area contributed by atoms with Crippen LogP contribution in [-0.4, -0.2) is 61.5 Å². The van der Waals surface area contributed by atoms with Gasteiger partial charge in [-0.3, -0.25) is 9.59 Å². The van der Waals surface area contributed by atoms with Crippen molar-refractivity contribution in [2.75, 3.05) is 48.9 Å². The van der Waals surface area contributed by atoms with Crippen LogP contribution in [0.5, 0.6) is 11.5 Å². The molecule has 2 atom stereocenters. The Morgan fingerprint density at radius 3 is 2.50 bits per heavy atom. The Balaban J connectivity index is 1.37. The molecular formula is C27H25F2N3O5S. The second kappa shape index (κ2) is 11.0. The Morgan fingerprint density at radius 1 is 1.03 bits per heavy atom. The highest BCUT2D eigenvalue weighted by molar-refractivity contribution is 7.91. The number of rotatable bonds is 5. The maximum atomic E-state index is 15.0. The number of ether oxygens (including phenoxy) is 2. The van der Waals surface area contributed by atoms with Gasteiger partial charge in [0.25, 0.3) is 11.8 Å². The predicted molar refractivity (Wildman–Crippen MR) is 138 cm³/mol. The summed E-state index contributed by atoms with van der Waals surface area (Å²) in [5.74, 6) is -2.34. The molecule has 1 saturated heterocycles. The molecule has 5 rings (SSSR count). The molecule has 3 aromatic carbocycles. The van der Waals surface area contributed by atoms with Gasteiger partial charge in [-0.1, -0.05) is 18.2 Å². The number of hydrogen-bond acceptors (Lipinski definition) is 6. The Hall–Kier alpha value is -3.67. The third-order valence-corrected chi connectivity index (χ3v) is 7.85. The van der Waals surface area contributed by atoms with E-state index >= 15 is 4.39 Å². The Bertz CT molecular complexity index is 1350. The van der Waals surface area contributed by atoms with Crippen LogP contribution >= 0.6 is 0 Å². The summed E-state index contributed by atoms with van der Waals surface area (Å²) >= 11 is -1.76. The summed E-state index contributed by atoms with van der Waals surface area (Å²) in [5, 5.41) is 2.51. The topological polar surface area (TPSA) is 94.2 Å². The summed E-state index contributed by atoms with van der Waals surface area (Å²) in [5.41, 5.74) is 0.104. The van der Waals surface area contributed by atoms with Crippen molar-refractivity contribution in [2.24, 2.45) is 0 Å². The number of anilines is 2. The number of nitrogens with zero attached hydrogens (tertiary/aromatic N) is 2. The van der Waals surface area contributed by atoms with Crippen LogP contribution in [0.15, 0.2) is 65.6 Å². The largest absolute Gasteiger partial charge is 0.611 e. The van der Waals surface area contributed by atoms with Crippen LogP contribution in [0.25, 0.3) is 0 Å². The first-order chi connectivity index (χ1) is 18.3. The normalized spacial score (nSPS) is 19.5. The van der Waals surface area contributed by atoms with Crippen molar-refractivity contribution in [2.45, 2.75) is 10.9 Å². The van der Waals surface area contributed by atoms with Gasteiger partial charge in [0.1, 0.15) is 34.6 Å². The van der Waals surface area contributed by atoms with E-state index < -0.39 is 40.7 Å². The molecular weight excluding hydrogens is 516 g/mol. The molecule has 0 saturated carbocycles. The van der Waals surface area contributed by atoms with Crippen molar-refractivity contribution >= 4 is 34.4 Å². The highest BCUT2D eigenvalue weighted by Gasteiger charge is 2.38. The quantitative estimate of drug-likeness (QED) is 0.498. The molecule has 1 unspecified atom stereocenters. The van der Waals surface area contributed by atoms with Gasteiger partial charge in [-0.05, 0) is 41.5 Å². The third kappa shape index (κ3) is 5.31. The Kier molecular flexibility index (Phi) is 7.50. The smallest absolute Gasteiger partial charge is 0.255 e. The first-order valence-electron chi connectivity index (χ1n) is 12.0. The number of amides is 2. The summed E-state index contributed by atoms with van der Waals surface area (Å²) in [6, 6.07) is 13.9. The van der Waals surface area contributed by atoms with E-state index in [2.05, 4.69) is 5.32 Å². The first-order valence-corrected chi connectivity index (χ1v) is 13.3. The van der Waals surface area contributed by atoms with Crippen molar-refractivity contribution in [1.29, 1.82) is 0 Å². The highest BCUT2D eigenvalue weighted by Crippen LogP contribution is 2.36. The lowest BCUT2D eigenvalue weighted by Gasteiger charge is -2.30. The molecule has 11 heteroatoms. The van der Waals surface area contributed by atoms with Crippen molar-refractivity contribution in [3.05, 3.63) is 77.9 Å². The number of morpholine rings is 1. The van der Waals surface area contributed by atoms with Gasteiger partial charge in [-0.25, -0.2) is 8.78 Å². The van der Waals surface area contributed by atoms with Crippen LogP contribution in [0.3, 0.4) is 0 Å². The number of benzene rings is 3. The van der Waals surface area contributed by atoms with Gasteiger partial charge in [-0.2, -0.15) is 0 Å². The molecule has 2 amide bonds. The summed E-state index contributed by atoms with van der Waals surface area (Å²) < 4.78 is 54.0. The van der Waals surface area contributed by atoms with E-state index in [1.165, 1.54) is 36.2 Å². The average Bonchev–Trinajstić information content (AvgIpc) is 3.00. The van der Waals surface area contributed by atoms with E-state index in [9.17, 15) is 18.5 Å². The first kappa shape index (κ1) is 26.0. The molecule has 0 aromatic heterocycles. The summed E-state index contributed by atoms with van der Waals surface area (Å²) in [7, 11) is 1.42. The third-order valence-electron chi connectivity index (χ3n) is 6.40. The van der Waals surface area contributed by atoms with Gasteiger partial charge in [0, 0.05) is 32.3 Å². The summed E-state index contributed by atoms with van der Waals surface area (Å²) in [6.45, 7) is 1.85. The molecule has 2 aliphatic heterocycles. The number of carbonyl (C=O) groups is 2. The van der Waals surface area contributed by atoms with Crippen LogP contribution in [-0.2, 0) is 20.7 Å². The number of carbonyl (C=O) groups excluding carboxylic acids is 2. The zero-order valence-electron chi connectivity index (χ0n) is 20.5. The van der Waals surface area contributed by atoms with Gasteiger partial charge >= 0.3 is 0 Å². The van der Waals surface area contributed by atoms with Crippen molar-refractivity contribution in [1.82, 2.24) is 5.32 Å². The lowest BCUT2D eigenvalue weighted by molar-refractivity contribution is -0.119. The van der Waals surface area contributed by atoms with E-state index in [4.69, 9.17) is 9.47 Å². The van der Waals surface area contributed by atoms with Gasteiger partial charge in [-0.15, -0.1) is 0 Å². The predicted octanol–water partition coefficient (Wildman–Crippen LogP) is 3.48. The molecule has 0 radical (unpaired) electrons. The molecule has 3 aromatic rings. The summed E-state index contributed by atoms with van der Waals surface area (Å²) in [4.78, 5) is 29.5. The maximum Gasteiger partial charge on any atom is 0.255 e. The molecule has 8 nitrogen and oxygen atoms in total. The zero-order chi connectivity index (χ0) is 26.8. The van der Waals surface area contributed by atoms with Gasteiger partial charge in [0.15, 0.2) is 10.9 Å².